The molecule has 0 aliphatic carbocycles. The van der Waals surface area contributed by atoms with Crippen molar-refractivity contribution in [1.29, 1.82) is 0 Å². The standard InChI is InChI=1S/C17H11Cl3N2O2/c1-24-17(23)15-9-16(10-5-6-13(19)14(20)7-10)22(21-15)12-4-2-3-11(18)8-12/h2-9H,1H3. The number of esters is 1. The number of benzene rings is 2. The second-order valence-electron chi connectivity index (χ2n) is 4.93. The predicted molar refractivity (Wildman–Crippen MR) is 95.4 cm³/mol. The van der Waals surface area contributed by atoms with E-state index in [0.29, 0.717) is 26.4 Å². The van der Waals surface area contributed by atoms with Crippen LogP contribution in [0.3, 0.4) is 0 Å². The van der Waals surface area contributed by atoms with Crippen molar-refractivity contribution in [2.24, 2.45) is 0 Å². The maximum Gasteiger partial charge on any atom is 0.358 e. The number of carbonyl (C=O) groups excluding carboxylic acids is 1. The lowest BCUT2D eigenvalue weighted by Gasteiger charge is -2.08. The smallest absolute Gasteiger partial charge is 0.358 e. The Balaban J connectivity index is 2.21. The lowest BCUT2D eigenvalue weighted by atomic mass is 10.1. The molecule has 2 aromatic carbocycles. The first kappa shape index (κ1) is 16.8. The molecule has 0 fully saturated rings. The van der Waals surface area contributed by atoms with E-state index in [9.17, 15) is 4.79 Å². The molecule has 0 radical (unpaired) electrons. The number of rotatable bonds is 3. The molecule has 0 amide bonds. The molecular weight excluding hydrogens is 371 g/mol. The van der Waals surface area contributed by atoms with Crippen LogP contribution in [0.2, 0.25) is 15.1 Å². The van der Waals surface area contributed by atoms with Gasteiger partial charge < -0.3 is 4.74 Å². The van der Waals surface area contributed by atoms with Crippen molar-refractivity contribution in [3.8, 4) is 16.9 Å². The van der Waals surface area contributed by atoms with Gasteiger partial charge in [-0.25, -0.2) is 9.48 Å². The SMILES string of the molecule is COC(=O)c1cc(-c2ccc(Cl)c(Cl)c2)n(-c2cccc(Cl)c2)n1. The zero-order valence-electron chi connectivity index (χ0n) is 12.5. The van der Waals surface area contributed by atoms with E-state index in [4.69, 9.17) is 39.5 Å². The number of halogens is 3. The number of methoxy groups -OCH3 is 1. The summed E-state index contributed by atoms with van der Waals surface area (Å²) in [4.78, 5) is 11.9. The summed E-state index contributed by atoms with van der Waals surface area (Å²) in [5.41, 5.74) is 2.31. The lowest BCUT2D eigenvalue weighted by molar-refractivity contribution is 0.0593. The highest BCUT2D eigenvalue weighted by Crippen LogP contribution is 2.31. The number of nitrogens with zero attached hydrogens (tertiary/aromatic N) is 2. The first-order valence-electron chi connectivity index (χ1n) is 6.89. The van der Waals surface area contributed by atoms with Crippen molar-refractivity contribution in [2.45, 2.75) is 0 Å². The molecule has 0 atom stereocenters. The number of hydrogen-bond donors (Lipinski definition) is 0. The molecule has 0 aliphatic heterocycles. The van der Waals surface area contributed by atoms with Crippen LogP contribution in [0.25, 0.3) is 16.9 Å². The Hall–Kier alpha value is -2.01. The first-order chi connectivity index (χ1) is 11.5. The number of aromatic nitrogens is 2. The summed E-state index contributed by atoms with van der Waals surface area (Å²) in [5, 5.41) is 5.74. The Morgan fingerprint density at radius 1 is 1.04 bits per heavy atom. The van der Waals surface area contributed by atoms with Crippen molar-refractivity contribution in [3.63, 3.8) is 0 Å². The van der Waals surface area contributed by atoms with Gasteiger partial charge in [0.25, 0.3) is 0 Å². The van der Waals surface area contributed by atoms with Crippen LogP contribution < -0.4 is 0 Å². The zero-order chi connectivity index (χ0) is 17.3. The molecular formula is C17H11Cl3N2O2. The fourth-order valence-electron chi connectivity index (χ4n) is 2.25. The third kappa shape index (κ3) is 3.26. The van der Waals surface area contributed by atoms with Crippen LogP contribution in [-0.4, -0.2) is 22.9 Å². The molecule has 7 heteroatoms. The third-order valence-corrected chi connectivity index (χ3v) is 4.35. The summed E-state index contributed by atoms with van der Waals surface area (Å²) in [6, 6.07) is 14.0. The van der Waals surface area contributed by atoms with Crippen molar-refractivity contribution < 1.29 is 9.53 Å². The Morgan fingerprint density at radius 3 is 2.50 bits per heavy atom. The van der Waals surface area contributed by atoms with Gasteiger partial charge in [0.2, 0.25) is 0 Å². The summed E-state index contributed by atoms with van der Waals surface area (Å²) in [5.74, 6) is -0.530. The van der Waals surface area contributed by atoms with E-state index in [-0.39, 0.29) is 5.69 Å². The molecule has 1 heterocycles. The number of carbonyl (C=O) groups is 1. The maximum absolute atomic E-state index is 11.9. The van der Waals surface area contributed by atoms with Gasteiger partial charge in [-0.15, -0.1) is 0 Å². The van der Waals surface area contributed by atoms with Gasteiger partial charge in [-0.1, -0.05) is 46.9 Å². The highest BCUT2D eigenvalue weighted by Gasteiger charge is 2.18. The van der Waals surface area contributed by atoms with Crippen molar-refractivity contribution >= 4 is 40.8 Å². The zero-order valence-corrected chi connectivity index (χ0v) is 14.7. The van der Waals surface area contributed by atoms with Gasteiger partial charge in [0.05, 0.1) is 28.5 Å². The third-order valence-electron chi connectivity index (χ3n) is 3.37. The fourth-order valence-corrected chi connectivity index (χ4v) is 2.73. The highest BCUT2D eigenvalue weighted by molar-refractivity contribution is 6.42. The molecule has 122 valence electrons. The molecule has 0 saturated heterocycles. The van der Waals surface area contributed by atoms with E-state index in [2.05, 4.69) is 5.10 Å². The van der Waals surface area contributed by atoms with Gasteiger partial charge in [0.15, 0.2) is 5.69 Å². The van der Waals surface area contributed by atoms with Crippen LogP contribution in [0, 0.1) is 0 Å². The van der Waals surface area contributed by atoms with Crippen LogP contribution >= 0.6 is 34.8 Å². The van der Waals surface area contributed by atoms with E-state index in [0.717, 1.165) is 5.56 Å². The lowest BCUT2D eigenvalue weighted by Crippen LogP contribution is -2.04. The van der Waals surface area contributed by atoms with E-state index >= 15 is 0 Å². The molecule has 24 heavy (non-hydrogen) atoms. The van der Waals surface area contributed by atoms with Crippen LogP contribution in [0.1, 0.15) is 10.5 Å². The van der Waals surface area contributed by atoms with Gasteiger partial charge in [0.1, 0.15) is 0 Å². The summed E-state index contributed by atoms with van der Waals surface area (Å²) in [6.07, 6.45) is 0. The largest absolute Gasteiger partial charge is 0.464 e. The fraction of sp³-hybridized carbons (Fsp3) is 0.0588. The predicted octanol–water partition coefficient (Wildman–Crippen LogP) is 5.29. The van der Waals surface area contributed by atoms with Crippen molar-refractivity contribution in [2.75, 3.05) is 7.11 Å². The minimum atomic E-state index is -0.530. The van der Waals surface area contributed by atoms with Crippen LogP contribution in [0.15, 0.2) is 48.5 Å². The van der Waals surface area contributed by atoms with Gasteiger partial charge in [-0.3, -0.25) is 0 Å². The molecule has 0 aliphatic rings. The average Bonchev–Trinajstić information content (AvgIpc) is 3.02. The van der Waals surface area contributed by atoms with Crippen molar-refractivity contribution in [1.82, 2.24) is 9.78 Å². The van der Waals surface area contributed by atoms with E-state index in [1.807, 2.05) is 6.07 Å². The molecule has 0 bridgehead atoms. The topological polar surface area (TPSA) is 44.1 Å². The molecule has 0 N–H and O–H groups in total. The first-order valence-corrected chi connectivity index (χ1v) is 8.02. The quantitative estimate of drug-likeness (QED) is 0.579. The van der Waals surface area contributed by atoms with Crippen LogP contribution in [0.4, 0.5) is 0 Å². The van der Waals surface area contributed by atoms with Crippen LogP contribution in [-0.2, 0) is 4.74 Å². The Kier molecular flexibility index (Phi) is 4.81. The average molecular weight is 382 g/mol. The normalized spacial score (nSPS) is 10.7. The van der Waals surface area contributed by atoms with Crippen molar-refractivity contribution in [3.05, 3.63) is 69.3 Å². The van der Waals surface area contributed by atoms with Gasteiger partial charge >= 0.3 is 5.97 Å². The monoisotopic (exact) mass is 380 g/mol. The van der Waals surface area contributed by atoms with Gasteiger partial charge in [-0.05, 0) is 36.4 Å². The second-order valence-corrected chi connectivity index (χ2v) is 6.18. The summed E-state index contributed by atoms with van der Waals surface area (Å²) >= 11 is 18.2. The molecule has 1 aromatic heterocycles. The Morgan fingerprint density at radius 2 is 1.83 bits per heavy atom. The maximum atomic E-state index is 11.9. The molecule has 3 rings (SSSR count). The minimum Gasteiger partial charge on any atom is -0.464 e. The molecule has 0 spiro atoms. The van der Waals surface area contributed by atoms with Crippen LogP contribution in [0.5, 0.6) is 0 Å². The number of ether oxygens (including phenoxy) is 1. The molecule has 0 saturated carbocycles. The molecule has 4 nitrogen and oxygen atoms in total. The molecule has 0 unspecified atom stereocenters. The summed E-state index contributed by atoms with van der Waals surface area (Å²) in [6.45, 7) is 0. The second kappa shape index (κ2) is 6.85. The Labute approximate surface area is 153 Å². The van der Waals surface area contributed by atoms with E-state index in [1.54, 1.807) is 47.1 Å². The summed E-state index contributed by atoms with van der Waals surface area (Å²) in [7, 11) is 1.31. The van der Waals surface area contributed by atoms with Gasteiger partial charge in [0, 0.05) is 10.6 Å². The van der Waals surface area contributed by atoms with Gasteiger partial charge in [-0.2, -0.15) is 5.10 Å². The van der Waals surface area contributed by atoms with E-state index < -0.39 is 5.97 Å². The minimum absolute atomic E-state index is 0.179. The highest BCUT2D eigenvalue weighted by atomic mass is 35.5. The summed E-state index contributed by atoms with van der Waals surface area (Å²) < 4.78 is 6.36. The Bertz CT molecular complexity index is 922. The molecule has 3 aromatic rings. The van der Waals surface area contributed by atoms with E-state index in [1.165, 1.54) is 7.11 Å². The number of hydrogen-bond acceptors (Lipinski definition) is 3.